The fourth-order valence-corrected chi connectivity index (χ4v) is 2.61. The lowest BCUT2D eigenvalue weighted by molar-refractivity contribution is 0.1000. The van der Waals surface area contributed by atoms with Gasteiger partial charge in [0.15, 0.2) is 0 Å². The number of primary amides is 1. The van der Waals surface area contributed by atoms with Crippen LogP contribution in [0.25, 0.3) is 0 Å². The first-order valence-corrected chi connectivity index (χ1v) is 8.86. The van der Waals surface area contributed by atoms with Crippen molar-refractivity contribution in [2.75, 3.05) is 6.54 Å². The second kappa shape index (κ2) is 8.12. The van der Waals surface area contributed by atoms with E-state index in [1.807, 2.05) is 12.1 Å². The second-order valence-corrected chi connectivity index (χ2v) is 6.79. The van der Waals surface area contributed by atoms with Gasteiger partial charge in [0.25, 0.3) is 0 Å². The maximum absolute atomic E-state index is 11.0. The van der Waals surface area contributed by atoms with E-state index in [0.717, 1.165) is 31.1 Å². The standard InChI is InChI=1S/C20H25N3O2/c1-14(22-12-16-4-5-16)2-3-15-6-9-18(10-7-15)25-19-11-8-17(13-23-19)20(21)24/h6-11,13-14,16,22H,2-5,12H2,1H3,(H2,21,24). The molecule has 3 rings (SSSR count). The Morgan fingerprint density at radius 3 is 2.64 bits per heavy atom. The maximum atomic E-state index is 11.0. The van der Waals surface area contributed by atoms with Gasteiger partial charge in [0.1, 0.15) is 5.75 Å². The minimum absolute atomic E-state index is 0.368. The van der Waals surface area contributed by atoms with Crippen molar-refractivity contribution in [3.63, 3.8) is 0 Å². The molecule has 1 atom stereocenters. The normalized spacial score (nSPS) is 14.9. The van der Waals surface area contributed by atoms with Crippen LogP contribution in [0.1, 0.15) is 42.1 Å². The number of hydrogen-bond acceptors (Lipinski definition) is 4. The fraction of sp³-hybridized carbons (Fsp3) is 0.400. The lowest BCUT2D eigenvalue weighted by atomic mass is 10.1. The number of nitrogens with one attached hydrogen (secondary N) is 1. The van der Waals surface area contributed by atoms with Gasteiger partial charge in [-0.05, 0) is 68.8 Å². The van der Waals surface area contributed by atoms with Gasteiger partial charge < -0.3 is 15.8 Å². The second-order valence-electron chi connectivity index (χ2n) is 6.79. The molecule has 5 heteroatoms. The molecular weight excluding hydrogens is 314 g/mol. The summed E-state index contributed by atoms with van der Waals surface area (Å²) in [5, 5.41) is 3.61. The average Bonchev–Trinajstić information content (AvgIpc) is 3.44. The van der Waals surface area contributed by atoms with Crippen molar-refractivity contribution >= 4 is 5.91 Å². The van der Waals surface area contributed by atoms with E-state index in [4.69, 9.17) is 10.5 Å². The van der Waals surface area contributed by atoms with Crippen molar-refractivity contribution in [1.82, 2.24) is 10.3 Å². The van der Waals surface area contributed by atoms with Crippen molar-refractivity contribution in [3.8, 4) is 11.6 Å². The third-order valence-corrected chi connectivity index (χ3v) is 4.48. The third-order valence-electron chi connectivity index (χ3n) is 4.48. The van der Waals surface area contributed by atoms with E-state index < -0.39 is 5.91 Å². The summed E-state index contributed by atoms with van der Waals surface area (Å²) in [6.45, 7) is 3.41. The van der Waals surface area contributed by atoms with Crippen LogP contribution in [0, 0.1) is 5.92 Å². The van der Waals surface area contributed by atoms with Crippen molar-refractivity contribution in [1.29, 1.82) is 0 Å². The molecule has 1 saturated carbocycles. The zero-order valence-corrected chi connectivity index (χ0v) is 14.6. The Morgan fingerprint density at radius 2 is 2.04 bits per heavy atom. The largest absolute Gasteiger partial charge is 0.439 e. The van der Waals surface area contributed by atoms with Crippen molar-refractivity contribution < 1.29 is 9.53 Å². The number of carbonyl (C=O) groups is 1. The van der Waals surface area contributed by atoms with Gasteiger partial charge in [0, 0.05) is 18.3 Å². The molecule has 1 fully saturated rings. The lowest BCUT2D eigenvalue weighted by Crippen LogP contribution is -2.28. The SMILES string of the molecule is CC(CCc1ccc(Oc2ccc(C(N)=O)cn2)cc1)NCC1CC1. The fourth-order valence-electron chi connectivity index (χ4n) is 2.61. The van der Waals surface area contributed by atoms with Gasteiger partial charge in [0.2, 0.25) is 11.8 Å². The molecule has 5 nitrogen and oxygen atoms in total. The monoisotopic (exact) mass is 339 g/mol. The lowest BCUT2D eigenvalue weighted by Gasteiger charge is -2.13. The average molecular weight is 339 g/mol. The molecule has 1 aromatic carbocycles. The molecule has 0 radical (unpaired) electrons. The number of carbonyl (C=O) groups excluding carboxylic acids is 1. The first kappa shape index (κ1) is 17.4. The molecule has 1 aromatic heterocycles. The van der Waals surface area contributed by atoms with Crippen LogP contribution in [0.3, 0.4) is 0 Å². The van der Waals surface area contributed by atoms with E-state index in [-0.39, 0.29) is 0 Å². The van der Waals surface area contributed by atoms with Gasteiger partial charge in [-0.3, -0.25) is 4.79 Å². The van der Waals surface area contributed by atoms with E-state index in [1.54, 1.807) is 12.1 Å². The molecule has 132 valence electrons. The van der Waals surface area contributed by atoms with Crippen LogP contribution in [-0.2, 0) is 6.42 Å². The van der Waals surface area contributed by atoms with Gasteiger partial charge in [-0.1, -0.05) is 12.1 Å². The van der Waals surface area contributed by atoms with Gasteiger partial charge in [-0.15, -0.1) is 0 Å². The summed E-state index contributed by atoms with van der Waals surface area (Å²) < 4.78 is 5.69. The summed E-state index contributed by atoms with van der Waals surface area (Å²) >= 11 is 0. The number of ether oxygens (including phenoxy) is 1. The number of pyridine rings is 1. The van der Waals surface area contributed by atoms with E-state index >= 15 is 0 Å². The Hall–Kier alpha value is -2.40. The zero-order valence-electron chi connectivity index (χ0n) is 14.6. The van der Waals surface area contributed by atoms with E-state index in [9.17, 15) is 4.79 Å². The minimum Gasteiger partial charge on any atom is -0.439 e. The van der Waals surface area contributed by atoms with Crippen LogP contribution in [0.15, 0.2) is 42.6 Å². The molecule has 2 aromatic rings. The molecule has 1 aliphatic rings. The third kappa shape index (κ3) is 5.57. The summed E-state index contributed by atoms with van der Waals surface area (Å²) in [5.41, 5.74) is 6.86. The van der Waals surface area contributed by atoms with Crippen LogP contribution < -0.4 is 15.8 Å². The molecule has 0 aliphatic heterocycles. The summed E-state index contributed by atoms with van der Waals surface area (Å²) in [5.74, 6) is 1.59. The number of aryl methyl sites for hydroxylation is 1. The smallest absolute Gasteiger partial charge is 0.250 e. The topological polar surface area (TPSA) is 77.2 Å². The van der Waals surface area contributed by atoms with Crippen LogP contribution in [-0.4, -0.2) is 23.5 Å². The number of hydrogen-bond donors (Lipinski definition) is 2. The predicted octanol–water partition coefficient (Wildman–Crippen LogP) is 3.29. The highest BCUT2D eigenvalue weighted by atomic mass is 16.5. The molecular formula is C20H25N3O2. The number of nitrogens with two attached hydrogens (primary N) is 1. The Morgan fingerprint density at radius 1 is 1.28 bits per heavy atom. The molecule has 1 unspecified atom stereocenters. The van der Waals surface area contributed by atoms with Crippen LogP contribution in [0.5, 0.6) is 11.6 Å². The molecule has 3 N–H and O–H groups in total. The number of nitrogens with zero attached hydrogens (tertiary/aromatic N) is 1. The number of rotatable bonds is 9. The molecule has 0 saturated heterocycles. The van der Waals surface area contributed by atoms with Crippen LogP contribution >= 0.6 is 0 Å². The Bertz CT molecular complexity index is 694. The van der Waals surface area contributed by atoms with Gasteiger partial charge in [-0.25, -0.2) is 4.98 Å². The van der Waals surface area contributed by atoms with Gasteiger partial charge in [-0.2, -0.15) is 0 Å². The van der Waals surface area contributed by atoms with Crippen molar-refractivity contribution in [2.45, 2.75) is 38.6 Å². The first-order valence-electron chi connectivity index (χ1n) is 8.86. The highest BCUT2D eigenvalue weighted by Crippen LogP contribution is 2.27. The van der Waals surface area contributed by atoms with Crippen molar-refractivity contribution in [3.05, 3.63) is 53.7 Å². The molecule has 25 heavy (non-hydrogen) atoms. The van der Waals surface area contributed by atoms with E-state index in [0.29, 0.717) is 17.5 Å². The maximum Gasteiger partial charge on any atom is 0.250 e. The molecule has 1 heterocycles. The molecule has 0 spiro atoms. The van der Waals surface area contributed by atoms with Crippen LogP contribution in [0.2, 0.25) is 0 Å². The van der Waals surface area contributed by atoms with Gasteiger partial charge in [0.05, 0.1) is 5.56 Å². The number of aromatic nitrogens is 1. The minimum atomic E-state index is -0.496. The highest BCUT2D eigenvalue weighted by molar-refractivity contribution is 5.92. The highest BCUT2D eigenvalue weighted by Gasteiger charge is 2.21. The van der Waals surface area contributed by atoms with Gasteiger partial charge >= 0.3 is 0 Å². The summed E-state index contributed by atoms with van der Waals surface area (Å²) in [6, 6.07) is 11.9. The van der Waals surface area contributed by atoms with E-state index in [2.05, 4.69) is 29.4 Å². The zero-order chi connectivity index (χ0) is 17.6. The Labute approximate surface area is 148 Å². The molecule has 1 amide bonds. The van der Waals surface area contributed by atoms with E-state index in [1.165, 1.54) is 24.6 Å². The van der Waals surface area contributed by atoms with Crippen LogP contribution in [0.4, 0.5) is 0 Å². The number of amides is 1. The summed E-state index contributed by atoms with van der Waals surface area (Å²) in [6.07, 6.45) is 6.37. The quantitative estimate of drug-likeness (QED) is 0.735. The Balaban J connectivity index is 1.46. The Kier molecular flexibility index (Phi) is 5.66. The first-order chi connectivity index (χ1) is 12.1. The summed E-state index contributed by atoms with van der Waals surface area (Å²) in [7, 11) is 0. The number of benzene rings is 1. The van der Waals surface area contributed by atoms with Crippen molar-refractivity contribution in [2.24, 2.45) is 11.7 Å². The molecule has 0 bridgehead atoms. The molecule has 1 aliphatic carbocycles. The summed E-state index contributed by atoms with van der Waals surface area (Å²) in [4.78, 5) is 15.1. The predicted molar refractivity (Wildman–Crippen MR) is 97.8 cm³/mol.